The summed E-state index contributed by atoms with van der Waals surface area (Å²) >= 11 is 0. The molecular formula is C6H10B2F6K2. The third kappa shape index (κ3) is 8.01. The van der Waals surface area contributed by atoms with Crippen molar-refractivity contribution in [1.29, 1.82) is 0 Å². The summed E-state index contributed by atoms with van der Waals surface area (Å²) in [6.45, 7) is -8.87. The van der Waals surface area contributed by atoms with Gasteiger partial charge in [0.25, 0.3) is 0 Å². The van der Waals surface area contributed by atoms with Crippen molar-refractivity contribution in [2.24, 2.45) is 0 Å². The van der Waals surface area contributed by atoms with Gasteiger partial charge in [0.15, 0.2) is 0 Å². The van der Waals surface area contributed by atoms with E-state index in [1.807, 2.05) is 0 Å². The first-order chi connectivity index (χ1) is 6.14. The summed E-state index contributed by atoms with van der Waals surface area (Å²) in [5.41, 5.74) is -2.78. The van der Waals surface area contributed by atoms with Gasteiger partial charge in [-0.2, -0.15) is 10.9 Å². The van der Waals surface area contributed by atoms with Crippen molar-refractivity contribution in [3.63, 3.8) is 0 Å². The molecule has 0 saturated heterocycles. The van der Waals surface area contributed by atoms with Crippen LogP contribution in [0.25, 0.3) is 0 Å². The van der Waals surface area contributed by atoms with Gasteiger partial charge in [-0.1, -0.05) is 26.7 Å². The Hall–Kier alpha value is 2.72. The number of halogens is 6. The molecule has 0 saturated carbocycles. The van der Waals surface area contributed by atoms with Crippen molar-refractivity contribution in [3.05, 3.63) is 10.9 Å². The molecule has 16 heavy (non-hydrogen) atoms. The Morgan fingerprint density at radius 3 is 0.938 bits per heavy atom. The maximum Gasteiger partial charge on any atom is 1.00 e. The van der Waals surface area contributed by atoms with Crippen LogP contribution in [-0.4, -0.2) is 14.0 Å². The molecule has 0 bridgehead atoms. The number of allylic oxidation sites excluding steroid dienone is 2. The molecule has 0 unspecified atom stereocenters. The van der Waals surface area contributed by atoms with E-state index in [1.54, 1.807) is 0 Å². The molecule has 0 spiro atoms. The molecule has 0 aliphatic rings. The summed E-state index contributed by atoms with van der Waals surface area (Å²) in [6.07, 6.45) is -1.23. The molecule has 0 nitrogen and oxygen atoms in total. The van der Waals surface area contributed by atoms with Crippen molar-refractivity contribution in [2.45, 2.75) is 26.7 Å². The van der Waals surface area contributed by atoms with Gasteiger partial charge in [0, 0.05) is 0 Å². The summed E-state index contributed by atoms with van der Waals surface area (Å²) < 4.78 is 73.2. The van der Waals surface area contributed by atoms with Crippen LogP contribution in [0, 0.1) is 0 Å². The molecule has 0 N–H and O–H groups in total. The molecule has 10 heteroatoms. The van der Waals surface area contributed by atoms with E-state index in [4.69, 9.17) is 0 Å². The van der Waals surface area contributed by atoms with Crippen LogP contribution < -0.4 is 103 Å². The van der Waals surface area contributed by atoms with E-state index in [0.717, 1.165) is 13.8 Å². The Labute approximate surface area is 176 Å². The van der Waals surface area contributed by atoms with Crippen LogP contribution in [0.15, 0.2) is 10.9 Å². The minimum absolute atomic E-state index is 0. The molecule has 0 amide bonds. The SMILES string of the molecule is CC/C(=C(\CC)[B-](F)(F)F)[B-](F)(F)F.[K+].[K+]. The van der Waals surface area contributed by atoms with Gasteiger partial charge < -0.3 is 25.9 Å². The summed E-state index contributed by atoms with van der Waals surface area (Å²) in [4.78, 5) is 0. The van der Waals surface area contributed by atoms with Crippen LogP contribution in [0.3, 0.4) is 0 Å². The zero-order chi connectivity index (χ0) is 11.6. The van der Waals surface area contributed by atoms with Gasteiger partial charge >= 0.3 is 117 Å². The maximum atomic E-state index is 12.2. The molecule has 0 aromatic heterocycles. The van der Waals surface area contributed by atoms with E-state index >= 15 is 0 Å². The second kappa shape index (κ2) is 9.60. The summed E-state index contributed by atoms with van der Waals surface area (Å²) in [5.74, 6) is 0. The first-order valence-electron chi connectivity index (χ1n) is 4.26. The van der Waals surface area contributed by atoms with Gasteiger partial charge in [0.1, 0.15) is 0 Å². The molecule has 0 atom stereocenters. The maximum absolute atomic E-state index is 12.2. The third-order valence-corrected chi connectivity index (χ3v) is 1.96. The predicted octanol–water partition coefficient (Wildman–Crippen LogP) is -2.12. The molecule has 0 aliphatic carbocycles. The topological polar surface area (TPSA) is 0 Å². The largest absolute Gasteiger partial charge is 1.00 e. The Morgan fingerprint density at radius 1 is 0.688 bits per heavy atom. The van der Waals surface area contributed by atoms with E-state index < -0.39 is 37.7 Å². The second-order valence-electron chi connectivity index (χ2n) is 2.91. The van der Waals surface area contributed by atoms with Crippen molar-refractivity contribution in [2.75, 3.05) is 0 Å². The normalized spacial score (nSPS) is 13.5. The fourth-order valence-electron chi connectivity index (χ4n) is 1.34. The van der Waals surface area contributed by atoms with Crippen LogP contribution in [0.5, 0.6) is 0 Å². The average molecular weight is 296 g/mol. The van der Waals surface area contributed by atoms with E-state index in [0.29, 0.717) is 0 Å². The Kier molecular flexibility index (Phi) is 14.3. The molecule has 0 fully saturated rings. The van der Waals surface area contributed by atoms with Crippen LogP contribution >= 0.6 is 0 Å². The fourth-order valence-corrected chi connectivity index (χ4v) is 1.34. The van der Waals surface area contributed by atoms with Crippen LogP contribution in [-0.2, 0) is 0 Å². The molecule has 0 aromatic carbocycles. The Morgan fingerprint density at radius 2 is 0.875 bits per heavy atom. The van der Waals surface area contributed by atoms with E-state index in [-0.39, 0.29) is 103 Å². The van der Waals surface area contributed by atoms with Gasteiger partial charge in [0.05, 0.1) is 0 Å². The van der Waals surface area contributed by atoms with Crippen molar-refractivity contribution in [3.8, 4) is 0 Å². The minimum atomic E-state index is -5.52. The van der Waals surface area contributed by atoms with E-state index in [1.165, 1.54) is 0 Å². The average Bonchev–Trinajstić information content (AvgIpc) is 1.94. The fraction of sp³-hybridized carbons (Fsp3) is 0.667. The summed E-state index contributed by atoms with van der Waals surface area (Å²) in [6, 6.07) is 0. The Balaban J connectivity index is -0.000000845. The van der Waals surface area contributed by atoms with Gasteiger partial charge in [-0.15, -0.1) is 0 Å². The van der Waals surface area contributed by atoms with Gasteiger partial charge in [-0.3, -0.25) is 0 Å². The van der Waals surface area contributed by atoms with Gasteiger partial charge in [-0.05, 0) is 0 Å². The quantitative estimate of drug-likeness (QED) is 0.411. The van der Waals surface area contributed by atoms with Gasteiger partial charge in [0.2, 0.25) is 0 Å². The van der Waals surface area contributed by atoms with Crippen LogP contribution in [0.4, 0.5) is 25.9 Å². The number of rotatable bonds is 4. The van der Waals surface area contributed by atoms with Crippen molar-refractivity contribution < 1.29 is 129 Å². The molecule has 0 heterocycles. The van der Waals surface area contributed by atoms with E-state index in [9.17, 15) is 25.9 Å². The van der Waals surface area contributed by atoms with E-state index in [2.05, 4.69) is 0 Å². The van der Waals surface area contributed by atoms with Crippen LogP contribution in [0.1, 0.15) is 26.7 Å². The standard InChI is InChI=1S/C6H10B2F6.2K/c1-3-5(7(9,10)11)6(4-2)8(12,13)14;;/h3-4H2,1-2H3;;/q-2;2*+1/b6-5-;;. The second-order valence-corrected chi connectivity index (χ2v) is 2.91. The van der Waals surface area contributed by atoms with Gasteiger partial charge in [-0.25, -0.2) is 0 Å². The molecule has 0 radical (unpaired) electrons. The molecular weight excluding hydrogens is 286 g/mol. The monoisotopic (exact) mass is 296 g/mol. The minimum Gasteiger partial charge on any atom is -0.445 e. The summed E-state index contributed by atoms with van der Waals surface area (Å²) in [7, 11) is 0. The Bertz CT molecular complexity index is 210. The molecule has 0 aromatic rings. The summed E-state index contributed by atoms with van der Waals surface area (Å²) in [5, 5.41) is 0. The molecule has 0 rings (SSSR count). The predicted molar refractivity (Wildman–Crippen MR) is 45.8 cm³/mol. The number of hydrogen-bond donors (Lipinski definition) is 0. The zero-order valence-corrected chi connectivity index (χ0v) is 16.1. The smallest absolute Gasteiger partial charge is 0.445 e. The zero-order valence-electron chi connectivity index (χ0n) is 9.84. The third-order valence-electron chi connectivity index (χ3n) is 1.96. The first-order valence-corrected chi connectivity index (χ1v) is 4.26. The van der Waals surface area contributed by atoms with Crippen molar-refractivity contribution >= 4 is 14.0 Å². The first kappa shape index (κ1) is 23.8. The number of hydrogen-bond acceptors (Lipinski definition) is 0. The van der Waals surface area contributed by atoms with Crippen molar-refractivity contribution in [1.82, 2.24) is 0 Å². The molecule has 84 valence electrons. The van der Waals surface area contributed by atoms with Crippen LogP contribution in [0.2, 0.25) is 0 Å². The molecule has 0 aliphatic heterocycles.